The van der Waals surface area contributed by atoms with E-state index in [1.165, 1.54) is 0 Å². The third kappa shape index (κ3) is 2.68. The Balaban J connectivity index is 2.29. The first-order valence-electron chi connectivity index (χ1n) is 5.79. The van der Waals surface area contributed by atoms with Crippen molar-refractivity contribution in [2.45, 2.75) is 19.9 Å². The Morgan fingerprint density at radius 3 is 3.00 bits per heavy atom. The minimum atomic E-state index is -0.234. The zero-order valence-corrected chi connectivity index (χ0v) is 10.2. The highest BCUT2D eigenvalue weighted by molar-refractivity contribution is 5.44. The topological polar surface area (TPSA) is 70.1 Å². The Kier molecular flexibility index (Phi) is 3.62. The van der Waals surface area contributed by atoms with E-state index < -0.39 is 0 Å². The summed E-state index contributed by atoms with van der Waals surface area (Å²) in [6.07, 6.45) is 4.08. The van der Waals surface area contributed by atoms with Crippen LogP contribution >= 0.6 is 0 Å². The number of anilines is 1. The summed E-state index contributed by atoms with van der Waals surface area (Å²) in [5, 5.41) is 0. The van der Waals surface area contributed by atoms with Gasteiger partial charge in [-0.2, -0.15) is 0 Å². The van der Waals surface area contributed by atoms with Crippen LogP contribution in [0.15, 0.2) is 41.5 Å². The molecule has 18 heavy (non-hydrogen) atoms. The molecule has 0 atom stereocenters. The maximum Gasteiger partial charge on any atom is 0.313 e. The smallest absolute Gasteiger partial charge is 0.313 e. The Labute approximate surface area is 105 Å². The number of rotatable bonds is 4. The summed E-state index contributed by atoms with van der Waals surface area (Å²) < 4.78 is 7.03. The molecular formula is C13H15N3O2. The number of hydrogen-bond donors (Lipinski definition) is 1. The number of nitrogen functional groups attached to an aromatic ring is 1. The van der Waals surface area contributed by atoms with E-state index in [1.807, 2.05) is 6.92 Å². The van der Waals surface area contributed by atoms with Crippen LogP contribution < -0.4 is 16.0 Å². The van der Waals surface area contributed by atoms with Crippen molar-refractivity contribution in [3.63, 3.8) is 0 Å². The van der Waals surface area contributed by atoms with E-state index in [0.717, 1.165) is 6.42 Å². The molecule has 0 aliphatic rings. The molecule has 5 heteroatoms. The Morgan fingerprint density at radius 2 is 2.28 bits per heavy atom. The van der Waals surface area contributed by atoms with E-state index in [9.17, 15) is 4.79 Å². The van der Waals surface area contributed by atoms with Crippen LogP contribution in [0.3, 0.4) is 0 Å². The lowest BCUT2D eigenvalue weighted by atomic mass is 10.3. The Morgan fingerprint density at radius 1 is 1.44 bits per heavy atom. The van der Waals surface area contributed by atoms with Gasteiger partial charge >= 0.3 is 5.56 Å². The molecule has 5 nitrogen and oxygen atoms in total. The van der Waals surface area contributed by atoms with Crippen molar-refractivity contribution in [1.29, 1.82) is 0 Å². The predicted molar refractivity (Wildman–Crippen MR) is 69.7 cm³/mol. The summed E-state index contributed by atoms with van der Waals surface area (Å²) in [5.41, 5.74) is 5.99. The van der Waals surface area contributed by atoms with Crippen molar-refractivity contribution in [2.75, 3.05) is 5.73 Å². The molecule has 0 saturated heterocycles. The van der Waals surface area contributed by atoms with Gasteiger partial charge in [-0.3, -0.25) is 4.79 Å². The van der Waals surface area contributed by atoms with Gasteiger partial charge in [0, 0.05) is 30.7 Å². The molecule has 0 fully saturated rings. The zero-order chi connectivity index (χ0) is 13.0. The fourth-order valence-corrected chi connectivity index (χ4v) is 1.60. The van der Waals surface area contributed by atoms with Crippen LogP contribution in [0.25, 0.3) is 0 Å². The first kappa shape index (κ1) is 12.2. The van der Waals surface area contributed by atoms with Crippen molar-refractivity contribution < 1.29 is 4.74 Å². The van der Waals surface area contributed by atoms with Crippen molar-refractivity contribution in [1.82, 2.24) is 9.55 Å². The van der Waals surface area contributed by atoms with Crippen molar-refractivity contribution in [2.24, 2.45) is 0 Å². The lowest BCUT2D eigenvalue weighted by Gasteiger charge is -2.07. The van der Waals surface area contributed by atoms with Crippen LogP contribution in [-0.4, -0.2) is 9.55 Å². The standard InChI is InChI=1S/C13H15N3O2/c1-2-7-16-8-6-15-12(13(16)17)18-11-5-3-4-10(14)9-11/h3-6,8-9H,2,7,14H2,1H3. The molecule has 94 valence electrons. The average molecular weight is 245 g/mol. The fraction of sp³-hybridized carbons (Fsp3) is 0.231. The van der Waals surface area contributed by atoms with Gasteiger partial charge in [-0.15, -0.1) is 0 Å². The second-order valence-corrected chi connectivity index (χ2v) is 3.91. The summed E-state index contributed by atoms with van der Waals surface area (Å²) in [6.45, 7) is 2.65. The Hall–Kier alpha value is -2.30. The number of aromatic nitrogens is 2. The second-order valence-electron chi connectivity index (χ2n) is 3.91. The summed E-state index contributed by atoms with van der Waals surface area (Å²) in [6, 6.07) is 6.89. The van der Waals surface area contributed by atoms with Crippen LogP contribution in [0, 0.1) is 0 Å². The van der Waals surface area contributed by atoms with Gasteiger partial charge in [-0.05, 0) is 18.6 Å². The van der Waals surface area contributed by atoms with E-state index in [-0.39, 0.29) is 11.4 Å². The fourth-order valence-electron chi connectivity index (χ4n) is 1.60. The minimum Gasteiger partial charge on any atom is -0.435 e. The Bertz CT molecular complexity index is 593. The van der Waals surface area contributed by atoms with Gasteiger partial charge in [-0.25, -0.2) is 4.98 Å². The number of ether oxygens (including phenoxy) is 1. The maximum atomic E-state index is 12.0. The molecule has 0 amide bonds. The highest BCUT2D eigenvalue weighted by Crippen LogP contribution is 2.18. The lowest BCUT2D eigenvalue weighted by molar-refractivity contribution is 0.444. The lowest BCUT2D eigenvalue weighted by Crippen LogP contribution is -2.21. The van der Waals surface area contributed by atoms with Crippen LogP contribution in [0.4, 0.5) is 5.69 Å². The van der Waals surface area contributed by atoms with Crippen LogP contribution in [0.5, 0.6) is 11.6 Å². The molecule has 1 aromatic carbocycles. The van der Waals surface area contributed by atoms with E-state index in [4.69, 9.17) is 10.5 Å². The molecule has 2 N–H and O–H groups in total. The van der Waals surface area contributed by atoms with Gasteiger partial charge in [0.1, 0.15) is 5.75 Å². The van der Waals surface area contributed by atoms with Crippen molar-refractivity contribution >= 4 is 5.69 Å². The monoisotopic (exact) mass is 245 g/mol. The number of aryl methyl sites for hydroxylation is 1. The minimum absolute atomic E-state index is 0.0663. The maximum absolute atomic E-state index is 12.0. The molecule has 2 rings (SSSR count). The van der Waals surface area contributed by atoms with E-state index in [1.54, 1.807) is 41.2 Å². The summed E-state index contributed by atoms with van der Waals surface area (Å²) >= 11 is 0. The van der Waals surface area contributed by atoms with E-state index >= 15 is 0 Å². The van der Waals surface area contributed by atoms with Gasteiger partial charge in [0.05, 0.1) is 0 Å². The third-order valence-corrected chi connectivity index (χ3v) is 2.42. The molecule has 0 aliphatic heterocycles. The second kappa shape index (κ2) is 5.35. The van der Waals surface area contributed by atoms with Gasteiger partial charge < -0.3 is 15.0 Å². The normalized spacial score (nSPS) is 10.3. The average Bonchev–Trinajstić information content (AvgIpc) is 2.35. The summed E-state index contributed by atoms with van der Waals surface area (Å²) in [4.78, 5) is 15.9. The van der Waals surface area contributed by atoms with E-state index in [2.05, 4.69) is 4.98 Å². The molecule has 2 aromatic rings. The first-order valence-corrected chi connectivity index (χ1v) is 5.79. The molecule has 0 bridgehead atoms. The first-order chi connectivity index (χ1) is 8.70. The van der Waals surface area contributed by atoms with Gasteiger partial charge in [-0.1, -0.05) is 13.0 Å². The van der Waals surface area contributed by atoms with E-state index in [0.29, 0.717) is 18.0 Å². The molecule has 0 radical (unpaired) electrons. The van der Waals surface area contributed by atoms with Crippen LogP contribution in [0.1, 0.15) is 13.3 Å². The van der Waals surface area contributed by atoms with Crippen LogP contribution in [0.2, 0.25) is 0 Å². The predicted octanol–water partition coefficient (Wildman–Crippen LogP) is 2.03. The number of hydrogen-bond acceptors (Lipinski definition) is 4. The van der Waals surface area contributed by atoms with Gasteiger partial charge in [0.2, 0.25) is 0 Å². The SMILES string of the molecule is CCCn1ccnc(Oc2cccc(N)c2)c1=O. The third-order valence-electron chi connectivity index (χ3n) is 2.42. The highest BCUT2D eigenvalue weighted by atomic mass is 16.5. The zero-order valence-electron chi connectivity index (χ0n) is 10.2. The number of nitrogens with two attached hydrogens (primary N) is 1. The molecule has 0 saturated carbocycles. The van der Waals surface area contributed by atoms with Crippen molar-refractivity contribution in [3.05, 3.63) is 47.0 Å². The van der Waals surface area contributed by atoms with Gasteiger partial charge in [0.15, 0.2) is 0 Å². The largest absolute Gasteiger partial charge is 0.435 e. The summed E-state index contributed by atoms with van der Waals surface area (Å²) in [7, 11) is 0. The molecule has 1 aromatic heterocycles. The summed E-state index contributed by atoms with van der Waals surface area (Å²) in [5.74, 6) is 0.574. The molecule has 0 spiro atoms. The number of nitrogens with zero attached hydrogens (tertiary/aromatic N) is 2. The molecule has 0 unspecified atom stereocenters. The van der Waals surface area contributed by atoms with Gasteiger partial charge in [0.25, 0.3) is 5.88 Å². The van der Waals surface area contributed by atoms with Crippen LogP contribution in [-0.2, 0) is 6.54 Å². The molecule has 0 aliphatic carbocycles. The number of benzene rings is 1. The van der Waals surface area contributed by atoms with Crippen molar-refractivity contribution in [3.8, 4) is 11.6 Å². The molecular weight excluding hydrogens is 230 g/mol. The highest BCUT2D eigenvalue weighted by Gasteiger charge is 2.06. The quantitative estimate of drug-likeness (QED) is 0.837. The molecule has 1 heterocycles.